The number of carboxylic acid groups (broad SMARTS) is 1. The summed E-state index contributed by atoms with van der Waals surface area (Å²) < 4.78 is 5.48. The molecule has 2 aromatic carbocycles. The van der Waals surface area contributed by atoms with Crippen LogP contribution in [0.3, 0.4) is 0 Å². The molecular formula is C31H39N3O3. The number of hydrogen-bond acceptors (Lipinski definition) is 5. The first-order valence-electron chi connectivity index (χ1n) is 13.6. The third-order valence-electron chi connectivity index (χ3n) is 8.78. The molecule has 0 radical (unpaired) electrons. The van der Waals surface area contributed by atoms with Crippen molar-refractivity contribution in [2.75, 3.05) is 34.3 Å². The van der Waals surface area contributed by atoms with Gasteiger partial charge in [0.05, 0.1) is 18.5 Å². The molecule has 1 aliphatic carbocycles. The molecule has 5 rings (SSSR count). The summed E-state index contributed by atoms with van der Waals surface area (Å²) in [4.78, 5) is 21.6. The fourth-order valence-electron chi connectivity index (χ4n) is 6.49. The van der Waals surface area contributed by atoms with Crippen LogP contribution in [0.2, 0.25) is 0 Å². The van der Waals surface area contributed by atoms with Crippen molar-refractivity contribution in [1.29, 1.82) is 0 Å². The van der Waals surface area contributed by atoms with Gasteiger partial charge in [0, 0.05) is 30.2 Å². The van der Waals surface area contributed by atoms with Crippen LogP contribution in [-0.4, -0.2) is 66.2 Å². The second-order valence-corrected chi connectivity index (χ2v) is 11.1. The van der Waals surface area contributed by atoms with Gasteiger partial charge < -0.3 is 14.7 Å². The van der Waals surface area contributed by atoms with E-state index in [-0.39, 0.29) is 17.9 Å². The number of nitrogens with zero attached hydrogens (tertiary/aromatic N) is 3. The summed E-state index contributed by atoms with van der Waals surface area (Å²) in [5.74, 6) is 0.685. The Balaban J connectivity index is 1.25. The number of hydrogen-bond donors (Lipinski definition) is 1. The highest BCUT2D eigenvalue weighted by atomic mass is 16.5. The predicted octanol–water partition coefficient (Wildman–Crippen LogP) is 5.60. The third-order valence-corrected chi connectivity index (χ3v) is 8.78. The first kappa shape index (κ1) is 25.7. The molecule has 3 aromatic rings. The zero-order valence-corrected chi connectivity index (χ0v) is 22.2. The number of fused-ring (bicyclic) bond motifs is 1. The van der Waals surface area contributed by atoms with E-state index in [1.165, 1.54) is 11.1 Å². The number of benzene rings is 2. The number of ether oxygens (including phenoxy) is 1. The van der Waals surface area contributed by atoms with Crippen molar-refractivity contribution in [3.8, 4) is 5.75 Å². The maximum atomic E-state index is 12.4. The molecule has 1 aromatic heterocycles. The predicted molar refractivity (Wildman–Crippen MR) is 147 cm³/mol. The summed E-state index contributed by atoms with van der Waals surface area (Å²) in [5, 5.41) is 11.3. The number of carbonyl (C=O) groups is 1. The standard InChI is InChI=1S/C31H39N3O3/c1-33(2)30(26-13-15-32-29-11-10-25(37-3)19-27(26)29)12-9-22-14-16-34(20-28(22)31(35)36)24-17-23(18-24)21-7-5-4-6-8-21/h4-8,10-11,13,15,19,22-24,28,30H,9,12,14,16-18,20H2,1-3H3,(H,35,36)/t22-,23?,24?,28+,30?/m1/s1. The molecule has 37 heavy (non-hydrogen) atoms. The first-order chi connectivity index (χ1) is 17.9. The van der Waals surface area contributed by atoms with Crippen LogP contribution in [-0.2, 0) is 4.79 Å². The van der Waals surface area contributed by atoms with Crippen LogP contribution in [0.15, 0.2) is 60.8 Å². The van der Waals surface area contributed by atoms with Gasteiger partial charge in [-0.2, -0.15) is 0 Å². The molecule has 6 nitrogen and oxygen atoms in total. The van der Waals surface area contributed by atoms with Gasteiger partial charge in [-0.25, -0.2) is 0 Å². The number of aliphatic carboxylic acids is 1. The van der Waals surface area contributed by atoms with Gasteiger partial charge in [0.2, 0.25) is 0 Å². The highest BCUT2D eigenvalue weighted by Gasteiger charge is 2.41. The quantitative estimate of drug-likeness (QED) is 0.412. The van der Waals surface area contributed by atoms with Gasteiger partial charge in [-0.05, 0) is 100.0 Å². The topological polar surface area (TPSA) is 65.9 Å². The molecule has 0 spiro atoms. The van der Waals surface area contributed by atoms with Crippen LogP contribution in [0.25, 0.3) is 10.9 Å². The molecule has 196 valence electrons. The van der Waals surface area contributed by atoms with Crippen LogP contribution in [0.4, 0.5) is 0 Å². The van der Waals surface area contributed by atoms with Crippen molar-refractivity contribution in [2.24, 2.45) is 11.8 Å². The van der Waals surface area contributed by atoms with Gasteiger partial charge in [-0.3, -0.25) is 14.7 Å². The lowest BCUT2D eigenvalue weighted by Gasteiger charge is -2.47. The molecule has 2 fully saturated rings. The summed E-state index contributed by atoms with van der Waals surface area (Å²) in [6.07, 6.45) is 6.93. The van der Waals surface area contributed by atoms with Crippen molar-refractivity contribution in [1.82, 2.24) is 14.8 Å². The minimum atomic E-state index is -0.644. The van der Waals surface area contributed by atoms with Crippen LogP contribution in [0, 0.1) is 11.8 Å². The molecule has 0 amide bonds. The molecule has 3 atom stereocenters. The van der Waals surface area contributed by atoms with Gasteiger partial charge in [0.25, 0.3) is 0 Å². The Labute approximate surface area is 220 Å². The summed E-state index contributed by atoms with van der Waals surface area (Å²) in [5.41, 5.74) is 3.59. The van der Waals surface area contributed by atoms with E-state index >= 15 is 0 Å². The summed E-state index contributed by atoms with van der Waals surface area (Å²) in [7, 11) is 5.90. The van der Waals surface area contributed by atoms with E-state index in [9.17, 15) is 9.90 Å². The highest BCUT2D eigenvalue weighted by molar-refractivity contribution is 5.84. The number of aromatic nitrogens is 1. The van der Waals surface area contributed by atoms with Crippen molar-refractivity contribution in [3.63, 3.8) is 0 Å². The van der Waals surface area contributed by atoms with Crippen LogP contribution in [0.1, 0.15) is 55.2 Å². The largest absolute Gasteiger partial charge is 0.497 e. The van der Waals surface area contributed by atoms with E-state index < -0.39 is 5.97 Å². The van der Waals surface area contributed by atoms with Gasteiger partial charge in [-0.15, -0.1) is 0 Å². The second kappa shape index (κ2) is 11.2. The molecule has 2 heterocycles. The number of pyridine rings is 1. The number of rotatable bonds is 9. The molecule has 1 N–H and O–H groups in total. The highest BCUT2D eigenvalue weighted by Crippen LogP contribution is 2.42. The Bertz CT molecular complexity index is 1210. The number of likely N-dealkylation sites (tertiary alicyclic amines) is 1. The lowest BCUT2D eigenvalue weighted by Crippen LogP contribution is -2.52. The van der Waals surface area contributed by atoms with Crippen LogP contribution < -0.4 is 4.74 Å². The van der Waals surface area contributed by atoms with Gasteiger partial charge in [-0.1, -0.05) is 30.3 Å². The SMILES string of the molecule is COc1ccc2nccc(C(CC[C@@H]3CCN(C4CC(c5ccccc5)C4)C[C@@H]3C(=O)O)N(C)C)c2c1. The lowest BCUT2D eigenvalue weighted by molar-refractivity contribution is -0.147. The van der Waals surface area contributed by atoms with Gasteiger partial charge in [0.15, 0.2) is 0 Å². The summed E-state index contributed by atoms with van der Waals surface area (Å²) >= 11 is 0. The minimum absolute atomic E-state index is 0.184. The van der Waals surface area contributed by atoms with E-state index in [1.54, 1.807) is 7.11 Å². The second-order valence-electron chi connectivity index (χ2n) is 11.1. The molecule has 6 heteroatoms. The summed E-state index contributed by atoms with van der Waals surface area (Å²) in [6, 6.07) is 19.5. The Morgan fingerprint density at radius 3 is 2.65 bits per heavy atom. The fourth-order valence-corrected chi connectivity index (χ4v) is 6.49. The molecule has 1 unspecified atom stereocenters. The molecule has 2 aliphatic rings. The number of carboxylic acids is 1. The monoisotopic (exact) mass is 501 g/mol. The molecule has 1 aliphatic heterocycles. The Hall–Kier alpha value is -2.96. The van der Waals surface area contributed by atoms with Crippen LogP contribution in [0.5, 0.6) is 5.75 Å². The van der Waals surface area contributed by atoms with Crippen molar-refractivity contribution in [2.45, 2.75) is 50.1 Å². The number of piperidine rings is 1. The minimum Gasteiger partial charge on any atom is -0.497 e. The van der Waals surface area contributed by atoms with Crippen molar-refractivity contribution in [3.05, 3.63) is 71.9 Å². The maximum Gasteiger partial charge on any atom is 0.308 e. The Kier molecular flexibility index (Phi) is 7.77. The normalized spacial score (nSPS) is 25.1. The van der Waals surface area contributed by atoms with Crippen LogP contribution >= 0.6 is 0 Å². The van der Waals surface area contributed by atoms with E-state index in [0.717, 1.165) is 55.3 Å². The van der Waals surface area contributed by atoms with Crippen molar-refractivity contribution >= 4 is 16.9 Å². The zero-order valence-electron chi connectivity index (χ0n) is 22.2. The van der Waals surface area contributed by atoms with Gasteiger partial charge >= 0.3 is 5.97 Å². The Morgan fingerprint density at radius 1 is 1.16 bits per heavy atom. The van der Waals surface area contributed by atoms with E-state index in [0.29, 0.717) is 18.5 Å². The maximum absolute atomic E-state index is 12.4. The first-order valence-corrected chi connectivity index (χ1v) is 13.6. The molecule has 0 bridgehead atoms. The summed E-state index contributed by atoms with van der Waals surface area (Å²) in [6.45, 7) is 1.68. The van der Waals surface area contributed by atoms with Gasteiger partial charge in [0.1, 0.15) is 5.75 Å². The van der Waals surface area contributed by atoms with Crippen molar-refractivity contribution < 1.29 is 14.6 Å². The Morgan fingerprint density at radius 2 is 1.95 bits per heavy atom. The molecule has 1 saturated heterocycles. The molecule has 1 saturated carbocycles. The van der Waals surface area contributed by atoms with E-state index in [2.05, 4.69) is 71.3 Å². The average Bonchev–Trinajstić information content (AvgIpc) is 2.88. The third kappa shape index (κ3) is 5.51. The number of methoxy groups -OCH3 is 1. The molecular weight excluding hydrogens is 462 g/mol. The fraction of sp³-hybridized carbons (Fsp3) is 0.484. The van der Waals surface area contributed by atoms with E-state index in [4.69, 9.17) is 4.74 Å². The average molecular weight is 502 g/mol. The smallest absolute Gasteiger partial charge is 0.308 e. The lowest BCUT2D eigenvalue weighted by atomic mass is 9.73. The zero-order chi connectivity index (χ0) is 25.9. The van der Waals surface area contributed by atoms with E-state index in [1.807, 2.05) is 18.3 Å².